The van der Waals surface area contributed by atoms with Gasteiger partial charge in [0.1, 0.15) is 5.82 Å². The highest BCUT2D eigenvalue weighted by Gasteiger charge is 2.19. The lowest BCUT2D eigenvalue weighted by molar-refractivity contribution is 0.498. The quantitative estimate of drug-likeness (QED) is 0.778. The molecule has 3 rings (SSSR count). The number of hydrogen-bond donors (Lipinski definition) is 1. The van der Waals surface area contributed by atoms with Crippen molar-refractivity contribution in [3.8, 4) is 5.69 Å². The van der Waals surface area contributed by atoms with Crippen LogP contribution in [0.5, 0.6) is 0 Å². The summed E-state index contributed by atoms with van der Waals surface area (Å²) in [5, 5.41) is 4.09. The third-order valence-electron chi connectivity index (χ3n) is 4.23. The predicted molar refractivity (Wildman–Crippen MR) is 98.8 cm³/mol. The SMILES string of the molecule is CCNC(CC)c1nc2ccccc2c(=O)n1-c1cccc(C)c1. The molecule has 124 valence electrons. The summed E-state index contributed by atoms with van der Waals surface area (Å²) in [7, 11) is 0. The van der Waals surface area contributed by atoms with Crippen LogP contribution in [0.25, 0.3) is 16.6 Å². The molecule has 1 atom stereocenters. The Labute approximate surface area is 142 Å². The van der Waals surface area contributed by atoms with Crippen LogP contribution < -0.4 is 10.9 Å². The van der Waals surface area contributed by atoms with Gasteiger partial charge in [0.25, 0.3) is 5.56 Å². The molecule has 0 aliphatic carbocycles. The van der Waals surface area contributed by atoms with Gasteiger partial charge >= 0.3 is 0 Å². The largest absolute Gasteiger partial charge is 0.308 e. The van der Waals surface area contributed by atoms with Gasteiger partial charge in [-0.3, -0.25) is 9.36 Å². The third kappa shape index (κ3) is 2.97. The molecule has 0 saturated heterocycles. The van der Waals surface area contributed by atoms with E-state index in [1.54, 1.807) is 4.57 Å². The zero-order valence-electron chi connectivity index (χ0n) is 14.4. The molecule has 0 saturated carbocycles. The Balaban J connectivity index is 2.35. The highest BCUT2D eigenvalue weighted by atomic mass is 16.1. The molecule has 4 nitrogen and oxygen atoms in total. The van der Waals surface area contributed by atoms with Crippen molar-refractivity contribution in [3.05, 3.63) is 70.3 Å². The fourth-order valence-electron chi connectivity index (χ4n) is 3.06. The minimum Gasteiger partial charge on any atom is -0.308 e. The van der Waals surface area contributed by atoms with Crippen molar-refractivity contribution in [1.29, 1.82) is 0 Å². The summed E-state index contributed by atoms with van der Waals surface area (Å²) in [4.78, 5) is 18.0. The number of fused-ring (bicyclic) bond motifs is 1. The molecule has 0 bridgehead atoms. The third-order valence-corrected chi connectivity index (χ3v) is 4.23. The molecule has 3 aromatic rings. The minimum atomic E-state index is -0.0162. The molecule has 0 amide bonds. The van der Waals surface area contributed by atoms with E-state index in [-0.39, 0.29) is 11.6 Å². The molecule has 4 heteroatoms. The molecular formula is C20H23N3O. The molecule has 24 heavy (non-hydrogen) atoms. The molecule has 0 radical (unpaired) electrons. The maximum Gasteiger partial charge on any atom is 0.266 e. The maximum absolute atomic E-state index is 13.2. The first-order valence-electron chi connectivity index (χ1n) is 8.47. The van der Waals surface area contributed by atoms with Crippen LogP contribution in [0.3, 0.4) is 0 Å². The minimum absolute atomic E-state index is 0.0162. The van der Waals surface area contributed by atoms with E-state index in [0.29, 0.717) is 5.39 Å². The summed E-state index contributed by atoms with van der Waals surface area (Å²) in [5.74, 6) is 0.772. The lowest BCUT2D eigenvalue weighted by Gasteiger charge is -2.21. The number of hydrogen-bond acceptors (Lipinski definition) is 3. The van der Waals surface area contributed by atoms with E-state index in [1.165, 1.54) is 0 Å². The average molecular weight is 321 g/mol. The number of rotatable bonds is 5. The van der Waals surface area contributed by atoms with Crippen LogP contribution in [0, 0.1) is 6.92 Å². The number of aromatic nitrogens is 2. The first kappa shape index (κ1) is 16.4. The second-order valence-electron chi connectivity index (χ2n) is 5.99. The van der Waals surface area contributed by atoms with Gasteiger partial charge < -0.3 is 5.32 Å². The van der Waals surface area contributed by atoms with Gasteiger partial charge in [-0.1, -0.05) is 38.1 Å². The highest BCUT2D eigenvalue weighted by molar-refractivity contribution is 5.77. The van der Waals surface area contributed by atoms with Crippen molar-refractivity contribution in [2.75, 3.05) is 6.54 Å². The van der Waals surface area contributed by atoms with Gasteiger partial charge in [0.15, 0.2) is 0 Å². The van der Waals surface area contributed by atoms with E-state index in [4.69, 9.17) is 4.98 Å². The standard InChI is InChI=1S/C20H23N3O/c1-4-17(21-5-2)19-22-18-12-7-6-11-16(18)20(24)23(19)15-10-8-9-14(3)13-15/h6-13,17,21H,4-5H2,1-3H3. The Kier molecular flexibility index (Phi) is 4.76. The summed E-state index contributed by atoms with van der Waals surface area (Å²) in [6.07, 6.45) is 0.866. The Morgan fingerprint density at radius 2 is 1.92 bits per heavy atom. The second-order valence-corrected chi connectivity index (χ2v) is 5.99. The van der Waals surface area contributed by atoms with Crippen molar-refractivity contribution in [1.82, 2.24) is 14.9 Å². The van der Waals surface area contributed by atoms with Crippen LogP contribution in [0.15, 0.2) is 53.3 Å². The van der Waals surface area contributed by atoms with E-state index < -0.39 is 0 Å². The van der Waals surface area contributed by atoms with Crippen LogP contribution in [0.2, 0.25) is 0 Å². The van der Waals surface area contributed by atoms with Gasteiger partial charge in [-0.2, -0.15) is 0 Å². The van der Waals surface area contributed by atoms with Crippen molar-refractivity contribution < 1.29 is 0 Å². The molecule has 0 aliphatic rings. The van der Waals surface area contributed by atoms with Gasteiger partial charge in [-0.15, -0.1) is 0 Å². The van der Waals surface area contributed by atoms with E-state index in [0.717, 1.165) is 35.6 Å². The Morgan fingerprint density at radius 1 is 1.12 bits per heavy atom. The molecule has 1 heterocycles. The first-order valence-corrected chi connectivity index (χ1v) is 8.47. The van der Waals surface area contributed by atoms with Crippen molar-refractivity contribution >= 4 is 10.9 Å². The number of benzene rings is 2. The number of nitrogens with one attached hydrogen (secondary N) is 1. The normalized spacial score (nSPS) is 12.5. The van der Waals surface area contributed by atoms with E-state index in [1.807, 2.05) is 55.5 Å². The smallest absolute Gasteiger partial charge is 0.266 e. The van der Waals surface area contributed by atoms with Crippen molar-refractivity contribution in [3.63, 3.8) is 0 Å². The molecule has 0 spiro atoms. The monoisotopic (exact) mass is 321 g/mol. The summed E-state index contributed by atoms with van der Waals surface area (Å²) in [6, 6.07) is 15.6. The fourth-order valence-corrected chi connectivity index (χ4v) is 3.06. The number of aryl methyl sites for hydroxylation is 1. The Morgan fingerprint density at radius 3 is 2.62 bits per heavy atom. The zero-order valence-corrected chi connectivity index (χ0v) is 14.4. The van der Waals surface area contributed by atoms with Gasteiger partial charge in [0.2, 0.25) is 0 Å². The summed E-state index contributed by atoms with van der Waals surface area (Å²) in [5.41, 5.74) is 2.72. The lowest BCUT2D eigenvalue weighted by atomic mass is 10.1. The van der Waals surface area contributed by atoms with Gasteiger partial charge in [0.05, 0.1) is 22.6 Å². The van der Waals surface area contributed by atoms with Gasteiger partial charge in [-0.05, 0) is 49.7 Å². The number of nitrogens with zero attached hydrogens (tertiary/aromatic N) is 2. The average Bonchev–Trinajstić information content (AvgIpc) is 2.59. The van der Waals surface area contributed by atoms with Crippen molar-refractivity contribution in [2.45, 2.75) is 33.2 Å². The van der Waals surface area contributed by atoms with Crippen LogP contribution in [-0.2, 0) is 0 Å². The number of para-hydroxylation sites is 1. The maximum atomic E-state index is 13.2. The van der Waals surface area contributed by atoms with Crippen LogP contribution >= 0.6 is 0 Å². The highest BCUT2D eigenvalue weighted by Crippen LogP contribution is 2.20. The molecule has 0 fully saturated rings. The van der Waals surface area contributed by atoms with Crippen molar-refractivity contribution in [2.24, 2.45) is 0 Å². The molecule has 2 aromatic carbocycles. The second kappa shape index (κ2) is 6.97. The molecular weight excluding hydrogens is 298 g/mol. The zero-order chi connectivity index (χ0) is 17.1. The van der Waals surface area contributed by atoms with Gasteiger partial charge in [-0.25, -0.2) is 4.98 Å². The Bertz CT molecular complexity index is 914. The first-order chi connectivity index (χ1) is 11.7. The summed E-state index contributed by atoms with van der Waals surface area (Å²) >= 11 is 0. The molecule has 0 aliphatic heterocycles. The molecule has 1 aromatic heterocycles. The summed E-state index contributed by atoms with van der Waals surface area (Å²) in [6.45, 7) is 7.04. The summed E-state index contributed by atoms with van der Waals surface area (Å²) < 4.78 is 1.76. The van der Waals surface area contributed by atoms with E-state index in [9.17, 15) is 4.79 Å². The molecule has 1 N–H and O–H groups in total. The predicted octanol–water partition coefficient (Wildman–Crippen LogP) is 3.75. The fraction of sp³-hybridized carbons (Fsp3) is 0.300. The van der Waals surface area contributed by atoms with E-state index in [2.05, 4.69) is 19.2 Å². The Hall–Kier alpha value is -2.46. The topological polar surface area (TPSA) is 46.9 Å². The van der Waals surface area contributed by atoms with E-state index >= 15 is 0 Å². The van der Waals surface area contributed by atoms with Gasteiger partial charge in [0, 0.05) is 0 Å². The van der Waals surface area contributed by atoms with Crippen LogP contribution in [0.1, 0.15) is 37.7 Å². The lowest BCUT2D eigenvalue weighted by Crippen LogP contribution is -2.31. The van der Waals surface area contributed by atoms with Crippen LogP contribution in [-0.4, -0.2) is 16.1 Å². The molecule has 1 unspecified atom stereocenters. The van der Waals surface area contributed by atoms with Crippen LogP contribution in [0.4, 0.5) is 0 Å².